The van der Waals surface area contributed by atoms with Gasteiger partial charge in [-0.3, -0.25) is 0 Å². The second-order valence-corrected chi connectivity index (χ2v) is 7.27. The molecule has 0 aliphatic heterocycles. The van der Waals surface area contributed by atoms with Crippen molar-refractivity contribution < 1.29 is 4.42 Å². The van der Waals surface area contributed by atoms with Crippen LogP contribution in [0.4, 0.5) is 0 Å². The molecule has 0 saturated carbocycles. The predicted octanol–water partition coefficient (Wildman–Crippen LogP) is 3.00. The summed E-state index contributed by atoms with van der Waals surface area (Å²) >= 11 is 0. The van der Waals surface area contributed by atoms with Crippen molar-refractivity contribution in [3.05, 3.63) is 40.6 Å². The number of hydrogen-bond acceptors (Lipinski definition) is 4. The van der Waals surface area contributed by atoms with Gasteiger partial charge in [-0.1, -0.05) is 26.8 Å². The molecule has 0 aliphatic carbocycles. The highest BCUT2D eigenvalue weighted by Crippen LogP contribution is 2.31. The highest BCUT2D eigenvalue weighted by molar-refractivity contribution is 6.03. The smallest absolute Gasteiger partial charge is 0.406 e. The van der Waals surface area contributed by atoms with E-state index < -0.39 is 5.76 Å². The summed E-state index contributed by atoms with van der Waals surface area (Å²) in [5.74, 6) is -0.532. The van der Waals surface area contributed by atoms with Crippen molar-refractivity contribution in [2.75, 3.05) is 20.6 Å². The van der Waals surface area contributed by atoms with Gasteiger partial charge in [0.15, 0.2) is 5.58 Å². The van der Waals surface area contributed by atoms with Crippen molar-refractivity contribution in [2.45, 2.75) is 32.7 Å². The average Bonchev–Trinajstić information content (AvgIpc) is 2.86. The number of aromatic nitrogens is 2. The molecule has 0 spiro atoms. The number of nitrogens with zero attached hydrogens (tertiary/aromatic N) is 3. The van der Waals surface area contributed by atoms with E-state index in [1.165, 1.54) is 0 Å². The molecule has 0 unspecified atom stereocenters. The summed E-state index contributed by atoms with van der Waals surface area (Å²) in [5, 5.41) is 1.99. The maximum atomic E-state index is 12.0. The van der Waals surface area contributed by atoms with Gasteiger partial charge < -0.3 is 13.9 Å². The zero-order valence-corrected chi connectivity index (χ0v) is 14.4. The minimum atomic E-state index is -0.532. The molecule has 0 radical (unpaired) electrons. The maximum absolute atomic E-state index is 12.0. The van der Waals surface area contributed by atoms with E-state index in [4.69, 9.17) is 4.42 Å². The zero-order valence-electron chi connectivity index (χ0n) is 14.4. The topological polar surface area (TPSA) is 51.3 Å². The lowest BCUT2D eigenvalue weighted by molar-refractivity contribution is 0.386. The molecule has 2 heterocycles. The van der Waals surface area contributed by atoms with Crippen LogP contribution in [0.25, 0.3) is 21.9 Å². The first kappa shape index (κ1) is 15.7. The van der Waals surface area contributed by atoms with Crippen molar-refractivity contribution in [1.29, 1.82) is 0 Å². The van der Waals surface area contributed by atoms with Crippen LogP contribution < -0.4 is 5.76 Å². The Morgan fingerprint density at radius 3 is 2.61 bits per heavy atom. The van der Waals surface area contributed by atoms with E-state index in [1.54, 1.807) is 0 Å². The first-order valence-electron chi connectivity index (χ1n) is 7.85. The minimum Gasteiger partial charge on any atom is -0.406 e. The van der Waals surface area contributed by atoms with Gasteiger partial charge in [-0.15, -0.1) is 0 Å². The van der Waals surface area contributed by atoms with Crippen LogP contribution in [0.1, 0.15) is 26.5 Å². The Labute approximate surface area is 135 Å². The number of fused-ring (bicyclic) bond motifs is 3. The van der Waals surface area contributed by atoms with Crippen molar-refractivity contribution >= 4 is 21.9 Å². The molecule has 5 heteroatoms. The van der Waals surface area contributed by atoms with E-state index in [2.05, 4.69) is 47.4 Å². The van der Waals surface area contributed by atoms with Crippen molar-refractivity contribution in [3.8, 4) is 0 Å². The van der Waals surface area contributed by atoms with Gasteiger partial charge in [0, 0.05) is 35.5 Å². The summed E-state index contributed by atoms with van der Waals surface area (Å²) in [6.07, 6.45) is 2.05. The van der Waals surface area contributed by atoms with Gasteiger partial charge in [-0.25, -0.2) is 4.79 Å². The van der Waals surface area contributed by atoms with Gasteiger partial charge in [-0.2, -0.15) is 4.98 Å². The molecule has 0 atom stereocenters. The fraction of sp³-hybridized carbons (Fsp3) is 0.444. The largest absolute Gasteiger partial charge is 0.439 e. The average molecular weight is 313 g/mol. The molecule has 0 N–H and O–H groups in total. The van der Waals surface area contributed by atoms with Crippen LogP contribution in [0.5, 0.6) is 0 Å². The van der Waals surface area contributed by atoms with E-state index in [0.717, 1.165) is 35.1 Å². The van der Waals surface area contributed by atoms with Crippen LogP contribution in [0.2, 0.25) is 0 Å². The van der Waals surface area contributed by atoms with Crippen LogP contribution in [0.3, 0.4) is 0 Å². The van der Waals surface area contributed by atoms with E-state index in [1.807, 2.05) is 26.4 Å². The molecule has 0 amide bonds. The second-order valence-electron chi connectivity index (χ2n) is 7.27. The molecular formula is C18H23N3O2. The summed E-state index contributed by atoms with van der Waals surface area (Å²) in [6.45, 7) is 7.94. The SMILES string of the molecule is CN(C)CCn1ccc2ccc3c(C(C)(C)C)nc(=O)oc3c21. The standard InChI is InChI=1S/C18H23N3O2/c1-18(2,3)16-13-7-6-12-8-9-21(11-10-20(4)5)14(12)15(13)23-17(22)19-16/h6-9H,10-11H2,1-5H3. The van der Waals surface area contributed by atoms with Crippen LogP contribution in [0, 0.1) is 0 Å². The second kappa shape index (κ2) is 5.49. The Balaban J connectivity index is 2.32. The molecule has 0 bridgehead atoms. The Kier molecular flexibility index (Phi) is 3.76. The molecule has 122 valence electrons. The molecule has 3 rings (SSSR count). The molecule has 0 fully saturated rings. The van der Waals surface area contributed by atoms with E-state index in [-0.39, 0.29) is 5.41 Å². The molecule has 3 aromatic rings. The van der Waals surface area contributed by atoms with Gasteiger partial charge in [-0.05, 0) is 26.2 Å². The maximum Gasteiger partial charge on any atom is 0.439 e. The molecule has 0 saturated heterocycles. The summed E-state index contributed by atoms with van der Waals surface area (Å²) < 4.78 is 7.66. The van der Waals surface area contributed by atoms with Crippen molar-refractivity contribution in [3.63, 3.8) is 0 Å². The third-order valence-electron chi connectivity index (χ3n) is 4.03. The van der Waals surface area contributed by atoms with Crippen LogP contribution in [-0.4, -0.2) is 35.1 Å². The highest BCUT2D eigenvalue weighted by atomic mass is 16.4. The monoisotopic (exact) mass is 313 g/mol. The third kappa shape index (κ3) is 2.88. The Morgan fingerprint density at radius 1 is 1.22 bits per heavy atom. The molecule has 1 aromatic carbocycles. The lowest BCUT2D eigenvalue weighted by atomic mass is 9.89. The lowest BCUT2D eigenvalue weighted by Gasteiger charge is -2.19. The number of hydrogen-bond donors (Lipinski definition) is 0. The van der Waals surface area contributed by atoms with Gasteiger partial charge >= 0.3 is 5.76 Å². The van der Waals surface area contributed by atoms with E-state index in [0.29, 0.717) is 5.58 Å². The van der Waals surface area contributed by atoms with Gasteiger partial charge in [0.1, 0.15) is 0 Å². The predicted molar refractivity (Wildman–Crippen MR) is 93.0 cm³/mol. The lowest BCUT2D eigenvalue weighted by Crippen LogP contribution is -2.20. The molecule has 5 nitrogen and oxygen atoms in total. The van der Waals surface area contributed by atoms with Crippen molar-refractivity contribution in [2.24, 2.45) is 0 Å². The normalized spacial score (nSPS) is 12.6. The number of likely N-dealkylation sites (N-methyl/N-ethyl adjacent to an activating group) is 1. The Hall–Kier alpha value is -2.14. The highest BCUT2D eigenvalue weighted by Gasteiger charge is 2.22. The third-order valence-corrected chi connectivity index (χ3v) is 4.03. The van der Waals surface area contributed by atoms with Crippen molar-refractivity contribution in [1.82, 2.24) is 14.5 Å². The molecular weight excluding hydrogens is 290 g/mol. The van der Waals surface area contributed by atoms with Gasteiger partial charge in [0.05, 0.1) is 11.2 Å². The van der Waals surface area contributed by atoms with Crippen LogP contribution >= 0.6 is 0 Å². The van der Waals surface area contributed by atoms with Gasteiger partial charge in [0.2, 0.25) is 0 Å². The first-order valence-corrected chi connectivity index (χ1v) is 7.85. The summed E-state index contributed by atoms with van der Waals surface area (Å²) in [6, 6.07) is 6.13. The van der Waals surface area contributed by atoms with Gasteiger partial charge in [0.25, 0.3) is 0 Å². The summed E-state index contributed by atoms with van der Waals surface area (Å²) in [7, 11) is 4.09. The van der Waals surface area contributed by atoms with Crippen LogP contribution in [-0.2, 0) is 12.0 Å². The number of rotatable bonds is 3. The van der Waals surface area contributed by atoms with E-state index in [9.17, 15) is 4.79 Å². The zero-order chi connectivity index (χ0) is 16.8. The fourth-order valence-corrected chi connectivity index (χ4v) is 2.88. The first-order chi connectivity index (χ1) is 10.8. The summed E-state index contributed by atoms with van der Waals surface area (Å²) in [4.78, 5) is 18.3. The molecule has 2 aromatic heterocycles. The van der Waals surface area contributed by atoms with Crippen LogP contribution in [0.15, 0.2) is 33.6 Å². The molecule has 0 aliphatic rings. The van der Waals surface area contributed by atoms with E-state index >= 15 is 0 Å². The molecule has 23 heavy (non-hydrogen) atoms. The number of benzene rings is 1. The Bertz CT molecular complexity index is 914. The Morgan fingerprint density at radius 2 is 1.96 bits per heavy atom. The summed E-state index contributed by atoms with van der Waals surface area (Å²) in [5.41, 5.74) is 2.17. The minimum absolute atomic E-state index is 0.219. The fourth-order valence-electron chi connectivity index (χ4n) is 2.88. The quantitative estimate of drug-likeness (QED) is 0.746.